The van der Waals surface area contributed by atoms with Crippen LogP contribution in [0.4, 0.5) is 0 Å². The molecule has 77 valence electrons. The average molecular weight is 203 g/mol. The van der Waals surface area contributed by atoms with Gasteiger partial charge in [0.1, 0.15) is 16.2 Å². The van der Waals surface area contributed by atoms with Crippen molar-refractivity contribution in [1.29, 1.82) is 0 Å². The van der Waals surface area contributed by atoms with E-state index in [1.165, 1.54) is 0 Å². The lowest BCUT2D eigenvalue weighted by Gasteiger charge is -2.19. The lowest BCUT2D eigenvalue weighted by Crippen LogP contribution is -2.37. The first-order chi connectivity index (χ1) is 6.24. The molecule has 0 amide bonds. The van der Waals surface area contributed by atoms with Crippen LogP contribution >= 0.6 is 0 Å². The Morgan fingerprint density at radius 2 is 2.23 bits per heavy atom. The fourth-order valence-corrected chi connectivity index (χ4v) is 0.976. The Hall–Kier alpha value is 0.0569. The van der Waals surface area contributed by atoms with Gasteiger partial charge in [-0.2, -0.15) is 0 Å². The summed E-state index contributed by atoms with van der Waals surface area (Å²) < 4.78 is 10.2. The number of hydrogen-bond donors (Lipinski definition) is 2. The van der Waals surface area contributed by atoms with Gasteiger partial charge in [0.05, 0.1) is 6.61 Å². The van der Waals surface area contributed by atoms with Crippen molar-refractivity contribution in [3.05, 3.63) is 0 Å². The maximum atomic E-state index is 5.38. The zero-order valence-electron chi connectivity index (χ0n) is 8.38. The highest BCUT2D eigenvalue weighted by molar-refractivity contribution is 6.09. The van der Waals surface area contributed by atoms with Gasteiger partial charge < -0.3 is 20.5 Å². The Morgan fingerprint density at radius 3 is 2.69 bits per heavy atom. The second-order valence-corrected chi connectivity index (χ2v) is 3.22. The standard InChI is InChI=1S/C8H19N2O2Si/c1-3-7(10-5-4-9)6-12-8(13)11-2/h7-8,10H,3-6,9H2,1-2H3. The van der Waals surface area contributed by atoms with E-state index in [1.807, 2.05) is 0 Å². The molecule has 0 aromatic heterocycles. The molecule has 0 saturated heterocycles. The molecule has 0 spiro atoms. The van der Waals surface area contributed by atoms with Gasteiger partial charge in [0.2, 0.25) is 0 Å². The quantitative estimate of drug-likeness (QED) is 0.410. The van der Waals surface area contributed by atoms with Crippen molar-refractivity contribution in [2.45, 2.75) is 25.3 Å². The second-order valence-electron chi connectivity index (χ2n) is 2.75. The van der Waals surface area contributed by atoms with E-state index in [2.05, 4.69) is 22.5 Å². The van der Waals surface area contributed by atoms with Crippen LogP contribution in [0.15, 0.2) is 0 Å². The van der Waals surface area contributed by atoms with Gasteiger partial charge in [0, 0.05) is 26.2 Å². The molecule has 0 aliphatic carbocycles. The number of ether oxygens (including phenoxy) is 2. The number of nitrogens with one attached hydrogen (secondary N) is 1. The molecule has 0 aromatic carbocycles. The van der Waals surface area contributed by atoms with E-state index >= 15 is 0 Å². The minimum absolute atomic E-state index is 0.325. The molecular formula is C8H19N2O2Si. The third-order valence-corrected chi connectivity index (χ3v) is 2.14. The van der Waals surface area contributed by atoms with Crippen LogP contribution < -0.4 is 11.1 Å². The predicted octanol–water partition coefficient (Wildman–Crippen LogP) is -0.572. The fraction of sp³-hybridized carbons (Fsp3) is 1.00. The molecule has 2 unspecified atom stereocenters. The van der Waals surface area contributed by atoms with Crippen LogP contribution in [-0.2, 0) is 9.47 Å². The van der Waals surface area contributed by atoms with Crippen LogP contribution in [-0.4, -0.2) is 49.0 Å². The first-order valence-electron chi connectivity index (χ1n) is 4.53. The van der Waals surface area contributed by atoms with Crippen molar-refractivity contribution < 1.29 is 9.47 Å². The summed E-state index contributed by atoms with van der Waals surface area (Å²) in [5.74, 6) is -0.325. The van der Waals surface area contributed by atoms with E-state index in [-0.39, 0.29) is 5.91 Å². The molecule has 0 heterocycles. The largest absolute Gasteiger partial charge is 0.361 e. The monoisotopic (exact) mass is 203 g/mol. The highest BCUT2D eigenvalue weighted by atomic mass is 28.1. The van der Waals surface area contributed by atoms with E-state index < -0.39 is 0 Å². The molecular weight excluding hydrogens is 184 g/mol. The summed E-state index contributed by atoms with van der Waals surface area (Å²) in [7, 11) is 4.84. The van der Waals surface area contributed by atoms with Crippen LogP contribution in [0.5, 0.6) is 0 Å². The van der Waals surface area contributed by atoms with Crippen molar-refractivity contribution in [1.82, 2.24) is 5.32 Å². The molecule has 4 nitrogen and oxygen atoms in total. The molecule has 0 aromatic rings. The molecule has 3 radical (unpaired) electrons. The van der Waals surface area contributed by atoms with Crippen molar-refractivity contribution in [3.63, 3.8) is 0 Å². The molecule has 0 aliphatic rings. The van der Waals surface area contributed by atoms with Crippen LogP contribution in [0.1, 0.15) is 13.3 Å². The summed E-state index contributed by atoms with van der Waals surface area (Å²) in [5.41, 5.74) is 5.38. The fourth-order valence-electron chi connectivity index (χ4n) is 0.880. The summed E-state index contributed by atoms with van der Waals surface area (Å²) in [4.78, 5) is 0. The molecule has 0 saturated carbocycles. The van der Waals surface area contributed by atoms with E-state index in [1.54, 1.807) is 7.11 Å². The molecule has 0 fully saturated rings. The van der Waals surface area contributed by atoms with Gasteiger partial charge in [-0.3, -0.25) is 0 Å². The van der Waals surface area contributed by atoms with Crippen molar-refractivity contribution in [3.8, 4) is 0 Å². The zero-order valence-corrected chi connectivity index (χ0v) is 9.38. The highest BCUT2D eigenvalue weighted by Gasteiger charge is 2.07. The van der Waals surface area contributed by atoms with Crippen molar-refractivity contribution in [2.75, 3.05) is 26.8 Å². The summed E-state index contributed by atoms with van der Waals surface area (Å²) >= 11 is 0. The molecule has 0 rings (SSSR count). The van der Waals surface area contributed by atoms with Crippen molar-refractivity contribution in [2.24, 2.45) is 5.73 Å². The lowest BCUT2D eigenvalue weighted by molar-refractivity contribution is -0.0730. The predicted molar refractivity (Wildman–Crippen MR) is 53.6 cm³/mol. The molecule has 5 heteroatoms. The smallest absolute Gasteiger partial charge is 0.133 e. The zero-order chi connectivity index (χ0) is 10.1. The number of methoxy groups -OCH3 is 1. The van der Waals surface area contributed by atoms with Gasteiger partial charge in [-0.25, -0.2) is 0 Å². The SMILES string of the molecule is CCC(COC([Si])OC)NCCN. The Labute approximate surface area is 83.6 Å². The van der Waals surface area contributed by atoms with Crippen LogP contribution in [0.3, 0.4) is 0 Å². The van der Waals surface area contributed by atoms with E-state index in [9.17, 15) is 0 Å². The molecule has 3 N–H and O–H groups in total. The van der Waals surface area contributed by atoms with Crippen LogP contribution in [0.25, 0.3) is 0 Å². The van der Waals surface area contributed by atoms with Crippen LogP contribution in [0, 0.1) is 0 Å². The Bertz CT molecular complexity index is 116. The Balaban J connectivity index is 3.46. The average Bonchev–Trinajstić information content (AvgIpc) is 2.17. The van der Waals surface area contributed by atoms with Gasteiger partial charge in [0.15, 0.2) is 0 Å². The minimum atomic E-state index is -0.325. The summed E-state index contributed by atoms with van der Waals surface area (Å²) in [6, 6.07) is 0.345. The van der Waals surface area contributed by atoms with Crippen LogP contribution in [0.2, 0.25) is 0 Å². The summed E-state index contributed by atoms with van der Waals surface area (Å²) in [6.45, 7) is 4.20. The van der Waals surface area contributed by atoms with Gasteiger partial charge in [-0.05, 0) is 6.42 Å². The maximum absolute atomic E-state index is 5.38. The van der Waals surface area contributed by atoms with Crippen molar-refractivity contribution >= 4 is 10.2 Å². The first-order valence-corrected chi connectivity index (χ1v) is 5.11. The number of rotatable bonds is 8. The van der Waals surface area contributed by atoms with Gasteiger partial charge >= 0.3 is 0 Å². The summed E-state index contributed by atoms with van der Waals surface area (Å²) in [6.07, 6.45) is 1.02. The van der Waals surface area contributed by atoms with Gasteiger partial charge in [-0.15, -0.1) is 0 Å². The first kappa shape index (κ1) is 13.1. The molecule has 0 aliphatic heterocycles. The summed E-state index contributed by atoms with van der Waals surface area (Å²) in [5, 5.41) is 3.27. The van der Waals surface area contributed by atoms with Gasteiger partial charge in [-0.1, -0.05) is 6.92 Å². The lowest BCUT2D eigenvalue weighted by atomic mass is 10.2. The molecule has 0 bridgehead atoms. The topological polar surface area (TPSA) is 56.5 Å². The normalized spacial score (nSPS) is 15.7. The molecule has 2 atom stereocenters. The molecule has 13 heavy (non-hydrogen) atoms. The Morgan fingerprint density at radius 1 is 1.54 bits per heavy atom. The third kappa shape index (κ3) is 7.15. The number of hydrogen-bond acceptors (Lipinski definition) is 4. The minimum Gasteiger partial charge on any atom is -0.361 e. The van der Waals surface area contributed by atoms with Gasteiger partial charge in [0.25, 0.3) is 0 Å². The third-order valence-electron chi connectivity index (χ3n) is 1.73. The van der Waals surface area contributed by atoms with E-state index in [0.29, 0.717) is 19.2 Å². The van der Waals surface area contributed by atoms with E-state index in [0.717, 1.165) is 13.0 Å². The Kier molecular flexibility index (Phi) is 8.68. The van der Waals surface area contributed by atoms with E-state index in [4.69, 9.17) is 15.2 Å². The highest BCUT2D eigenvalue weighted by Crippen LogP contribution is 1.94. The maximum Gasteiger partial charge on any atom is 0.133 e. The second kappa shape index (κ2) is 8.65. The number of nitrogens with two attached hydrogens (primary N) is 1.